The quantitative estimate of drug-likeness (QED) is 0.405. The first-order valence-corrected chi connectivity index (χ1v) is 11.5. The van der Waals surface area contributed by atoms with E-state index in [9.17, 15) is 14.9 Å². The zero-order valence-corrected chi connectivity index (χ0v) is 18.9. The van der Waals surface area contributed by atoms with Crippen LogP contribution < -0.4 is 26.6 Å². The maximum Gasteiger partial charge on any atom is 0.266 e. The Morgan fingerprint density at radius 3 is 2.54 bits per heavy atom. The number of carbonyl (C=O) groups excluding carboxylic acids is 2. The van der Waals surface area contributed by atoms with Gasteiger partial charge < -0.3 is 13.7 Å². The molecule has 2 fully saturated rings. The second kappa shape index (κ2) is 10.0. The van der Waals surface area contributed by atoms with Crippen LogP contribution in [0.4, 0.5) is 5.88 Å². The predicted molar refractivity (Wildman–Crippen MR) is 124 cm³/mol. The molecule has 2 unspecified atom stereocenters. The van der Waals surface area contributed by atoms with E-state index in [0.29, 0.717) is 44.0 Å². The van der Waals surface area contributed by atoms with Gasteiger partial charge in [-0.1, -0.05) is 30.3 Å². The van der Waals surface area contributed by atoms with Crippen LogP contribution in [0.5, 0.6) is 0 Å². The van der Waals surface area contributed by atoms with Gasteiger partial charge in [-0.05, 0) is 37.0 Å². The van der Waals surface area contributed by atoms with Gasteiger partial charge in [0.05, 0.1) is 6.26 Å². The third kappa shape index (κ3) is 4.89. The summed E-state index contributed by atoms with van der Waals surface area (Å²) < 4.78 is 11.1. The van der Waals surface area contributed by atoms with Gasteiger partial charge in [-0.25, -0.2) is 10.9 Å². The van der Waals surface area contributed by atoms with Crippen molar-refractivity contribution in [3.8, 4) is 17.7 Å². The van der Waals surface area contributed by atoms with Crippen LogP contribution in [0.3, 0.4) is 0 Å². The maximum absolute atomic E-state index is 12.6. The zero-order chi connectivity index (χ0) is 24.2. The molecule has 180 valence electrons. The molecule has 0 aliphatic carbocycles. The lowest BCUT2D eigenvalue weighted by Crippen LogP contribution is -2.52. The number of hydrogen-bond acceptors (Lipinski definition) is 9. The minimum Gasteiger partial charge on any atom is -0.459 e. The summed E-state index contributed by atoms with van der Waals surface area (Å²) >= 11 is 0. The van der Waals surface area contributed by atoms with Crippen molar-refractivity contribution in [2.24, 2.45) is 5.92 Å². The van der Waals surface area contributed by atoms with Gasteiger partial charge in [0.15, 0.2) is 5.76 Å². The van der Waals surface area contributed by atoms with Crippen molar-refractivity contribution in [1.82, 2.24) is 26.7 Å². The van der Waals surface area contributed by atoms with Crippen molar-refractivity contribution >= 4 is 17.7 Å². The van der Waals surface area contributed by atoms with Gasteiger partial charge >= 0.3 is 0 Å². The molecular weight excluding hydrogens is 450 g/mol. The predicted octanol–water partition coefficient (Wildman–Crippen LogP) is 1.78. The second-order valence-electron chi connectivity index (χ2n) is 8.54. The average molecular weight is 476 g/mol. The summed E-state index contributed by atoms with van der Waals surface area (Å²) in [5, 5.41) is 9.45. The molecule has 11 heteroatoms. The number of furan rings is 1. The van der Waals surface area contributed by atoms with Gasteiger partial charge in [-0.2, -0.15) is 10.2 Å². The number of nitrogens with one attached hydrogen (secondary N) is 4. The Labute approximate surface area is 201 Å². The van der Waals surface area contributed by atoms with Crippen molar-refractivity contribution in [3.05, 3.63) is 60.0 Å². The number of carbonyl (C=O) groups is 2. The monoisotopic (exact) mass is 475 g/mol. The van der Waals surface area contributed by atoms with E-state index in [2.05, 4.69) is 32.8 Å². The number of amides is 2. The van der Waals surface area contributed by atoms with Crippen LogP contribution in [0.2, 0.25) is 0 Å². The summed E-state index contributed by atoms with van der Waals surface area (Å²) in [6.07, 6.45) is 3.17. The van der Waals surface area contributed by atoms with E-state index in [1.807, 2.05) is 35.2 Å². The van der Waals surface area contributed by atoms with Gasteiger partial charge in [0.25, 0.3) is 11.8 Å². The van der Waals surface area contributed by atoms with E-state index in [0.717, 1.165) is 5.56 Å². The molecule has 2 aromatic heterocycles. The number of nitriles is 1. The number of piperidine rings is 1. The number of aromatic nitrogens is 1. The van der Waals surface area contributed by atoms with Crippen LogP contribution in [0.25, 0.3) is 11.7 Å². The molecule has 2 atom stereocenters. The average Bonchev–Trinajstić information content (AvgIpc) is 3.68. The highest BCUT2D eigenvalue weighted by Gasteiger charge is 2.32. The minimum absolute atomic E-state index is 0.0228. The van der Waals surface area contributed by atoms with Crippen molar-refractivity contribution in [2.45, 2.75) is 31.3 Å². The summed E-state index contributed by atoms with van der Waals surface area (Å²) in [7, 11) is 0. The first kappa shape index (κ1) is 22.6. The summed E-state index contributed by atoms with van der Waals surface area (Å²) in [6.45, 7) is 1.03. The van der Waals surface area contributed by atoms with Gasteiger partial charge in [0.1, 0.15) is 12.1 Å². The van der Waals surface area contributed by atoms with Crippen LogP contribution in [0, 0.1) is 17.2 Å². The summed E-state index contributed by atoms with van der Waals surface area (Å²) in [6, 6.07) is 14.9. The fraction of sp³-hybridized carbons (Fsp3) is 0.333. The maximum atomic E-state index is 12.6. The van der Waals surface area contributed by atoms with Crippen molar-refractivity contribution in [3.63, 3.8) is 0 Å². The van der Waals surface area contributed by atoms with Crippen molar-refractivity contribution < 1.29 is 18.4 Å². The number of nitrogens with zero attached hydrogens (tertiary/aromatic N) is 3. The number of benzene rings is 1. The molecule has 2 aliphatic heterocycles. The van der Waals surface area contributed by atoms with E-state index >= 15 is 0 Å². The minimum atomic E-state index is -0.457. The second-order valence-corrected chi connectivity index (χ2v) is 8.54. The molecule has 2 amide bonds. The largest absolute Gasteiger partial charge is 0.459 e. The lowest BCUT2D eigenvalue weighted by Gasteiger charge is -2.31. The Morgan fingerprint density at radius 1 is 1.06 bits per heavy atom. The Balaban J connectivity index is 1.10. The molecule has 35 heavy (non-hydrogen) atoms. The smallest absolute Gasteiger partial charge is 0.266 e. The molecule has 2 aliphatic rings. The molecule has 0 bridgehead atoms. The van der Waals surface area contributed by atoms with E-state index in [1.54, 1.807) is 12.1 Å². The van der Waals surface area contributed by atoms with Crippen LogP contribution in [-0.2, 0) is 9.59 Å². The summed E-state index contributed by atoms with van der Waals surface area (Å²) in [5.74, 6) is 0.258. The third-order valence-corrected chi connectivity index (χ3v) is 6.33. The highest BCUT2D eigenvalue weighted by Crippen LogP contribution is 2.31. The van der Waals surface area contributed by atoms with E-state index in [-0.39, 0.29) is 35.4 Å². The van der Waals surface area contributed by atoms with Crippen molar-refractivity contribution in [1.29, 1.82) is 5.26 Å². The number of anilines is 1. The Kier molecular flexibility index (Phi) is 6.47. The molecule has 0 radical (unpaired) electrons. The molecule has 1 aromatic carbocycles. The highest BCUT2D eigenvalue weighted by molar-refractivity contribution is 5.86. The number of hydrogen-bond donors (Lipinski definition) is 4. The SMILES string of the molecule is N#Cc1nc(-c2ccco2)oc1N1CCC(C(=O)NNC(=O)C2CC(c3ccccc3)NN2)CC1. The molecule has 2 saturated heterocycles. The molecule has 5 rings (SSSR count). The number of oxazole rings is 1. The van der Waals surface area contributed by atoms with Crippen molar-refractivity contribution in [2.75, 3.05) is 18.0 Å². The highest BCUT2D eigenvalue weighted by atomic mass is 16.4. The lowest BCUT2D eigenvalue weighted by atomic mass is 9.96. The summed E-state index contributed by atoms with van der Waals surface area (Å²) in [4.78, 5) is 31.3. The third-order valence-electron chi connectivity index (χ3n) is 6.33. The van der Waals surface area contributed by atoms with E-state index < -0.39 is 6.04 Å². The molecule has 0 spiro atoms. The first-order valence-electron chi connectivity index (χ1n) is 11.5. The van der Waals surface area contributed by atoms with Gasteiger partial charge in [0.2, 0.25) is 17.5 Å². The Bertz CT molecular complexity index is 1210. The lowest BCUT2D eigenvalue weighted by molar-refractivity contribution is -0.132. The van der Waals surface area contributed by atoms with Crippen LogP contribution >= 0.6 is 0 Å². The van der Waals surface area contributed by atoms with Crippen LogP contribution in [0.15, 0.2) is 57.6 Å². The Hall–Kier alpha value is -4.14. The normalized spacial score (nSPS) is 20.4. The van der Waals surface area contributed by atoms with E-state index in [1.165, 1.54) is 6.26 Å². The summed E-state index contributed by atoms with van der Waals surface area (Å²) in [5.41, 5.74) is 12.5. The molecule has 11 nitrogen and oxygen atoms in total. The first-order chi connectivity index (χ1) is 17.1. The zero-order valence-electron chi connectivity index (χ0n) is 18.9. The number of rotatable bonds is 5. The van der Waals surface area contributed by atoms with E-state index in [4.69, 9.17) is 8.83 Å². The molecular formula is C24H25N7O4. The standard InChI is InChI=1S/C24H25N7O4/c25-14-19-24(35-23(26-19)20-7-4-12-34-20)31-10-8-16(9-11-31)21(32)29-30-22(33)18-13-17(27-28-18)15-5-2-1-3-6-15/h1-7,12,16-18,27-28H,8-11,13H2,(H,29,32)(H,30,33). The fourth-order valence-corrected chi connectivity index (χ4v) is 4.39. The molecule has 4 heterocycles. The fourth-order valence-electron chi connectivity index (χ4n) is 4.39. The molecule has 3 aromatic rings. The van der Waals surface area contributed by atoms with Gasteiger partial charge in [0, 0.05) is 25.0 Å². The van der Waals surface area contributed by atoms with Gasteiger partial charge in [-0.3, -0.25) is 20.4 Å². The van der Waals surface area contributed by atoms with Gasteiger partial charge in [-0.15, -0.1) is 0 Å². The number of hydrazine groups is 2. The van der Waals surface area contributed by atoms with Crippen LogP contribution in [-0.4, -0.2) is 35.9 Å². The molecule has 4 N–H and O–H groups in total. The van der Waals surface area contributed by atoms with Crippen LogP contribution in [0.1, 0.15) is 36.6 Å². The topological polar surface area (TPSA) is 148 Å². The molecule has 0 saturated carbocycles. The Morgan fingerprint density at radius 2 is 1.83 bits per heavy atom.